The second-order valence-electron chi connectivity index (χ2n) is 16.5. The van der Waals surface area contributed by atoms with Gasteiger partial charge in [0.05, 0.1) is 18.8 Å². The first-order valence-electron chi connectivity index (χ1n) is 23.9. The Bertz CT molecular complexity index is 710. The number of carbonyl (C=O) groups excluding carboxylic acids is 1. The van der Waals surface area contributed by atoms with Crippen LogP contribution in [0.4, 0.5) is 0 Å². The predicted octanol–water partition coefficient (Wildman–Crippen LogP) is 15.0. The minimum atomic E-state index is -0.655. The van der Waals surface area contributed by atoms with E-state index in [4.69, 9.17) is 0 Å². The summed E-state index contributed by atoms with van der Waals surface area (Å²) in [6.07, 6.45) is 55.9. The summed E-state index contributed by atoms with van der Waals surface area (Å²) in [6, 6.07) is -0.532. The molecule has 0 saturated heterocycles. The molecule has 0 aromatic carbocycles. The topological polar surface area (TPSA) is 69.6 Å². The van der Waals surface area contributed by atoms with Gasteiger partial charge in [0.1, 0.15) is 0 Å². The molecule has 0 saturated carbocycles. The molecule has 0 aliphatic heterocycles. The zero-order chi connectivity index (χ0) is 37.8. The maximum Gasteiger partial charge on any atom is 0.220 e. The van der Waals surface area contributed by atoms with Crippen LogP contribution in [0.2, 0.25) is 0 Å². The molecule has 0 aliphatic carbocycles. The van der Waals surface area contributed by atoms with Gasteiger partial charge in [0.25, 0.3) is 0 Å². The van der Waals surface area contributed by atoms with Gasteiger partial charge in [-0.05, 0) is 38.5 Å². The summed E-state index contributed by atoms with van der Waals surface area (Å²) in [5.41, 5.74) is 0. The van der Waals surface area contributed by atoms with Crippen molar-refractivity contribution in [2.75, 3.05) is 6.61 Å². The zero-order valence-corrected chi connectivity index (χ0v) is 35.6. The second-order valence-corrected chi connectivity index (χ2v) is 16.5. The van der Waals surface area contributed by atoms with Gasteiger partial charge in [-0.3, -0.25) is 4.79 Å². The van der Waals surface area contributed by atoms with Crippen LogP contribution in [0.5, 0.6) is 0 Å². The van der Waals surface area contributed by atoms with Crippen molar-refractivity contribution in [1.29, 1.82) is 0 Å². The number of amides is 1. The van der Waals surface area contributed by atoms with Crippen LogP contribution in [-0.4, -0.2) is 34.9 Å². The normalized spacial score (nSPS) is 12.9. The van der Waals surface area contributed by atoms with Crippen LogP contribution in [0, 0.1) is 0 Å². The van der Waals surface area contributed by atoms with E-state index in [0.29, 0.717) is 12.8 Å². The van der Waals surface area contributed by atoms with Crippen molar-refractivity contribution < 1.29 is 15.0 Å². The van der Waals surface area contributed by atoms with Crippen LogP contribution in [0.1, 0.15) is 271 Å². The van der Waals surface area contributed by atoms with E-state index in [9.17, 15) is 15.0 Å². The number of carbonyl (C=O) groups is 1. The molecule has 52 heavy (non-hydrogen) atoms. The standard InChI is InChI=1S/C48H95NO3/c1-3-5-7-9-11-13-15-17-18-19-20-21-22-23-24-25-26-27-28-29-30-32-34-36-38-40-42-44-48(52)49-46(45-50)47(51)43-41-39-37-35-33-31-16-14-12-10-8-6-4-2/h23-24,46-47,50-51H,3-22,25-45H2,1-2H3,(H,49,52)/b24-23-. The summed E-state index contributed by atoms with van der Waals surface area (Å²) in [7, 11) is 0. The van der Waals surface area contributed by atoms with E-state index in [1.807, 2.05) is 0 Å². The fraction of sp³-hybridized carbons (Fsp3) is 0.938. The maximum atomic E-state index is 12.4. The minimum Gasteiger partial charge on any atom is -0.394 e. The fourth-order valence-corrected chi connectivity index (χ4v) is 7.59. The van der Waals surface area contributed by atoms with E-state index >= 15 is 0 Å². The number of allylic oxidation sites excluding steroid dienone is 2. The lowest BCUT2D eigenvalue weighted by Gasteiger charge is -2.22. The molecule has 0 aromatic heterocycles. The number of hydrogen-bond acceptors (Lipinski definition) is 3. The minimum absolute atomic E-state index is 0.0291. The Hall–Kier alpha value is -0.870. The van der Waals surface area contributed by atoms with Gasteiger partial charge in [0, 0.05) is 6.42 Å². The Morgan fingerprint density at radius 3 is 1.06 bits per heavy atom. The number of aliphatic hydroxyl groups excluding tert-OH is 2. The van der Waals surface area contributed by atoms with Crippen LogP contribution in [0.3, 0.4) is 0 Å². The molecule has 2 unspecified atom stereocenters. The number of nitrogens with one attached hydrogen (secondary N) is 1. The summed E-state index contributed by atoms with van der Waals surface area (Å²) < 4.78 is 0. The third-order valence-corrected chi connectivity index (χ3v) is 11.3. The van der Waals surface area contributed by atoms with Gasteiger partial charge >= 0.3 is 0 Å². The van der Waals surface area contributed by atoms with E-state index in [0.717, 1.165) is 25.7 Å². The summed E-state index contributed by atoms with van der Waals surface area (Å²) in [6.45, 7) is 4.38. The Balaban J connectivity index is 3.43. The van der Waals surface area contributed by atoms with E-state index in [1.54, 1.807) is 0 Å². The lowest BCUT2D eigenvalue weighted by molar-refractivity contribution is -0.123. The molecule has 0 spiro atoms. The van der Waals surface area contributed by atoms with Gasteiger partial charge in [-0.15, -0.1) is 0 Å². The smallest absolute Gasteiger partial charge is 0.220 e. The molecule has 0 bridgehead atoms. The molecular formula is C48H95NO3. The average Bonchev–Trinajstić information content (AvgIpc) is 3.15. The molecule has 0 aliphatic rings. The molecule has 4 nitrogen and oxygen atoms in total. The monoisotopic (exact) mass is 734 g/mol. The first-order chi connectivity index (χ1) is 25.7. The molecule has 3 N–H and O–H groups in total. The van der Waals surface area contributed by atoms with Crippen molar-refractivity contribution in [3.05, 3.63) is 12.2 Å². The van der Waals surface area contributed by atoms with Gasteiger partial charge in [-0.1, -0.05) is 238 Å². The van der Waals surface area contributed by atoms with Gasteiger partial charge in [-0.25, -0.2) is 0 Å². The third kappa shape index (κ3) is 40.3. The average molecular weight is 734 g/mol. The van der Waals surface area contributed by atoms with E-state index in [-0.39, 0.29) is 12.5 Å². The van der Waals surface area contributed by atoms with Gasteiger partial charge in [0.2, 0.25) is 5.91 Å². The van der Waals surface area contributed by atoms with Crippen LogP contribution in [0.25, 0.3) is 0 Å². The third-order valence-electron chi connectivity index (χ3n) is 11.3. The molecular weight excluding hydrogens is 639 g/mol. The van der Waals surface area contributed by atoms with Crippen molar-refractivity contribution in [1.82, 2.24) is 5.32 Å². The second kappa shape index (κ2) is 44.5. The van der Waals surface area contributed by atoms with Crippen molar-refractivity contribution in [2.24, 2.45) is 0 Å². The number of rotatable bonds is 44. The highest BCUT2D eigenvalue weighted by atomic mass is 16.3. The van der Waals surface area contributed by atoms with Crippen LogP contribution < -0.4 is 5.32 Å². The first-order valence-corrected chi connectivity index (χ1v) is 23.9. The molecule has 310 valence electrons. The molecule has 0 aromatic rings. The SMILES string of the molecule is CCCCCCCCCCCCCC/C=C\CCCCCCCCCCCCCC(=O)NC(CO)C(O)CCCCCCCCCCCCCCC. The van der Waals surface area contributed by atoms with Crippen LogP contribution in [-0.2, 0) is 4.79 Å². The summed E-state index contributed by atoms with van der Waals surface area (Å²) >= 11 is 0. The number of aliphatic hydroxyl groups is 2. The zero-order valence-electron chi connectivity index (χ0n) is 35.6. The van der Waals surface area contributed by atoms with E-state index in [2.05, 4.69) is 31.3 Å². The Morgan fingerprint density at radius 1 is 0.442 bits per heavy atom. The van der Waals surface area contributed by atoms with E-state index < -0.39 is 12.1 Å². The molecule has 0 rings (SSSR count). The fourth-order valence-electron chi connectivity index (χ4n) is 7.59. The van der Waals surface area contributed by atoms with Crippen molar-refractivity contribution in [2.45, 2.75) is 283 Å². The van der Waals surface area contributed by atoms with Gasteiger partial charge in [-0.2, -0.15) is 0 Å². The first kappa shape index (κ1) is 51.1. The van der Waals surface area contributed by atoms with Crippen LogP contribution in [0.15, 0.2) is 12.2 Å². The van der Waals surface area contributed by atoms with Crippen molar-refractivity contribution in [3.8, 4) is 0 Å². The van der Waals surface area contributed by atoms with Gasteiger partial charge < -0.3 is 15.5 Å². The Kier molecular flexibility index (Phi) is 43.8. The quantitative estimate of drug-likeness (QED) is 0.0431. The maximum absolute atomic E-state index is 12.4. The molecule has 0 radical (unpaired) electrons. The predicted molar refractivity (Wildman–Crippen MR) is 230 cm³/mol. The summed E-state index contributed by atoms with van der Waals surface area (Å²) in [5, 5.41) is 23.2. The lowest BCUT2D eigenvalue weighted by Crippen LogP contribution is -2.45. The highest BCUT2D eigenvalue weighted by Crippen LogP contribution is 2.16. The van der Waals surface area contributed by atoms with Crippen molar-refractivity contribution in [3.63, 3.8) is 0 Å². The Labute approximate surface area is 327 Å². The lowest BCUT2D eigenvalue weighted by atomic mass is 10.0. The molecule has 1 amide bonds. The van der Waals surface area contributed by atoms with E-state index in [1.165, 1.54) is 218 Å². The highest BCUT2D eigenvalue weighted by Gasteiger charge is 2.20. The van der Waals surface area contributed by atoms with Crippen LogP contribution >= 0.6 is 0 Å². The van der Waals surface area contributed by atoms with Gasteiger partial charge in [0.15, 0.2) is 0 Å². The molecule has 0 heterocycles. The summed E-state index contributed by atoms with van der Waals surface area (Å²) in [5.74, 6) is -0.0291. The molecule has 0 fully saturated rings. The molecule has 2 atom stereocenters. The molecule has 4 heteroatoms. The highest BCUT2D eigenvalue weighted by molar-refractivity contribution is 5.76. The number of hydrogen-bond donors (Lipinski definition) is 3. The Morgan fingerprint density at radius 2 is 0.731 bits per heavy atom. The summed E-state index contributed by atoms with van der Waals surface area (Å²) in [4.78, 5) is 12.4. The largest absolute Gasteiger partial charge is 0.394 e. The van der Waals surface area contributed by atoms with Crippen molar-refractivity contribution >= 4 is 5.91 Å². The number of unbranched alkanes of at least 4 members (excludes halogenated alkanes) is 35.